The van der Waals surface area contributed by atoms with Crippen LogP contribution in [0, 0.1) is 11.3 Å². The first kappa shape index (κ1) is 80.9. The van der Waals surface area contributed by atoms with Crippen LogP contribution in [0.2, 0.25) is 0 Å². The predicted molar refractivity (Wildman–Crippen MR) is 378 cm³/mol. The molecule has 1 unspecified atom stereocenters. The Balaban J connectivity index is 0.000000839. The third-order valence-electron chi connectivity index (χ3n) is 17.9. The minimum atomic E-state index is -4.95. The second kappa shape index (κ2) is 36.4. The molecule has 0 fully saturated rings. The average molecular weight is 1420 g/mol. The molecule has 20 nitrogen and oxygen atoms in total. The number of ether oxygens (including phenoxy) is 1. The molecular formula is C70H107N6O14PS4. The van der Waals surface area contributed by atoms with Gasteiger partial charge >= 0.3 is 5.82 Å². The molecule has 3 aliphatic rings. The Hall–Kier alpha value is -4.74. The summed E-state index contributed by atoms with van der Waals surface area (Å²) in [5, 5.41) is 9.32. The Kier molecular flexibility index (Phi) is 31.0. The summed E-state index contributed by atoms with van der Waals surface area (Å²) in [4.78, 5) is 5.89. The molecule has 0 radical (unpaired) electrons. The number of pyridine rings is 1. The molecule has 3 heterocycles. The molecule has 0 amide bonds. The molecule has 0 spiro atoms. The molecular weight excluding hydrogens is 1310 g/mol. The highest BCUT2D eigenvalue weighted by Crippen LogP contribution is 2.50. The maximum absolute atomic E-state index is 12.4. The molecule has 1 aliphatic carbocycles. The molecule has 0 bridgehead atoms. The van der Waals surface area contributed by atoms with Crippen LogP contribution >= 0.6 is 8.30 Å². The third kappa shape index (κ3) is 23.7. The van der Waals surface area contributed by atoms with Gasteiger partial charge in [-0.05, 0) is 187 Å². The van der Waals surface area contributed by atoms with Gasteiger partial charge < -0.3 is 27.7 Å². The number of aromatic nitrogens is 1. The minimum absolute atomic E-state index is 0.0327. The topological polar surface area (TPSA) is 288 Å². The van der Waals surface area contributed by atoms with E-state index >= 15 is 0 Å². The lowest BCUT2D eigenvalue weighted by atomic mass is 9.80. The molecule has 1 aromatic heterocycles. The van der Waals surface area contributed by atoms with Gasteiger partial charge in [0.15, 0.2) is 5.71 Å². The second-order valence-electron chi connectivity index (χ2n) is 26.8. The number of rotatable bonds is 38. The summed E-state index contributed by atoms with van der Waals surface area (Å²) in [6.07, 6.45) is 24.3. The summed E-state index contributed by atoms with van der Waals surface area (Å²) in [5.41, 5.74) is 4.47. The van der Waals surface area contributed by atoms with Crippen LogP contribution in [0.25, 0.3) is 5.57 Å². The molecule has 0 saturated carbocycles. The van der Waals surface area contributed by atoms with Gasteiger partial charge in [-0.25, -0.2) is 21.4 Å². The molecule has 2 aliphatic heterocycles. The van der Waals surface area contributed by atoms with Crippen LogP contribution in [-0.4, -0.2) is 142 Å². The van der Waals surface area contributed by atoms with E-state index in [9.17, 15) is 57.1 Å². The Morgan fingerprint density at radius 1 is 0.726 bits per heavy atom. The van der Waals surface area contributed by atoms with Crippen LogP contribution in [0.5, 0.6) is 5.75 Å². The average Bonchev–Trinajstić information content (AvgIpc) is 1.61. The van der Waals surface area contributed by atoms with Crippen molar-refractivity contribution in [3.05, 3.63) is 113 Å². The highest BCUT2D eigenvalue weighted by molar-refractivity contribution is 7.86. The van der Waals surface area contributed by atoms with E-state index in [4.69, 9.17) is 14.3 Å². The van der Waals surface area contributed by atoms with Crippen LogP contribution in [-0.2, 0) is 62.4 Å². The van der Waals surface area contributed by atoms with E-state index in [2.05, 4.69) is 66.1 Å². The number of hydrogen-bond acceptors (Lipinski definition) is 16. The van der Waals surface area contributed by atoms with Gasteiger partial charge in [-0.3, -0.25) is 13.8 Å². The smallest absolute Gasteiger partial charge is 0.327 e. The Labute approximate surface area is 571 Å². The fourth-order valence-electron chi connectivity index (χ4n) is 13.0. The number of anilines is 1. The van der Waals surface area contributed by atoms with Crippen molar-refractivity contribution in [1.82, 2.24) is 4.67 Å². The van der Waals surface area contributed by atoms with Crippen molar-refractivity contribution in [1.29, 1.82) is 5.26 Å². The highest BCUT2D eigenvalue weighted by Gasteiger charge is 2.44. The fraction of sp³-hybridized carbons (Fsp3) is 0.614. The Morgan fingerprint density at radius 2 is 1.31 bits per heavy atom. The maximum atomic E-state index is 12.4. The number of quaternary nitrogens is 1. The molecule has 1 atom stereocenters. The van der Waals surface area contributed by atoms with Crippen molar-refractivity contribution in [2.24, 2.45) is 4.99 Å². The molecule has 2 aromatic carbocycles. The van der Waals surface area contributed by atoms with Crippen LogP contribution in [0.1, 0.15) is 203 Å². The van der Waals surface area contributed by atoms with Crippen LogP contribution in [0.15, 0.2) is 111 Å². The van der Waals surface area contributed by atoms with E-state index in [1.54, 1.807) is 0 Å². The van der Waals surface area contributed by atoms with E-state index in [1.165, 1.54) is 111 Å². The zero-order valence-corrected chi connectivity index (χ0v) is 62.5. The van der Waals surface area contributed by atoms with Gasteiger partial charge in [-0.2, -0.15) is 22.1 Å². The molecule has 95 heavy (non-hydrogen) atoms. The van der Waals surface area contributed by atoms with E-state index in [0.29, 0.717) is 91.3 Å². The lowest BCUT2D eigenvalue weighted by Gasteiger charge is -2.39. The zero-order valence-electron chi connectivity index (χ0n) is 58.3. The van der Waals surface area contributed by atoms with Gasteiger partial charge in [0.25, 0.3) is 20.2 Å². The molecule has 6 rings (SSSR count). The third-order valence-corrected chi connectivity index (χ3v) is 23.7. The first-order valence-corrected chi connectivity index (χ1v) is 41.4. The monoisotopic (exact) mass is 1410 g/mol. The molecule has 530 valence electrons. The lowest BCUT2D eigenvalue weighted by molar-refractivity contribution is -0.929. The van der Waals surface area contributed by atoms with Gasteiger partial charge in [0.2, 0.25) is 0 Å². The van der Waals surface area contributed by atoms with E-state index in [-0.39, 0.29) is 38.0 Å². The van der Waals surface area contributed by atoms with E-state index in [0.717, 1.165) is 34.9 Å². The molecule has 3 aromatic rings. The molecule has 25 heteroatoms. The SMILES string of the molecule is CC(C)N(C(C)C)P(CCC#N)OCCCCOc1cccc(C2=C(C=CC3=Nc4c(cc(S(=O)(=O)[O-])c[n+]4CCCS(=O)(=O)O)C3(C)C)CCCC2=CC=C2N(CCCS(=O)(=O)O)c3ccc(S(=O)(=O)[O-])cc3C2(C)C)c1.CCCC[N+](CCCC)(CCCC)CCCC. The van der Waals surface area contributed by atoms with Crippen molar-refractivity contribution in [2.75, 3.05) is 68.5 Å². The van der Waals surface area contributed by atoms with Gasteiger partial charge in [-0.15, -0.1) is 0 Å². The summed E-state index contributed by atoms with van der Waals surface area (Å²) in [6, 6.07) is 15.9. The number of unbranched alkanes of at least 4 members (excludes halogenated alkanes) is 5. The van der Waals surface area contributed by atoms with E-state index < -0.39 is 80.9 Å². The van der Waals surface area contributed by atoms with Gasteiger partial charge in [0.1, 0.15) is 40.5 Å². The number of fused-ring (bicyclic) bond motifs is 2. The number of nitrogens with zero attached hydrogens (tertiary/aromatic N) is 6. The molecule has 2 N–H and O–H groups in total. The number of aryl methyl sites for hydroxylation is 1. The van der Waals surface area contributed by atoms with Gasteiger partial charge in [0.05, 0.1) is 84.3 Å². The van der Waals surface area contributed by atoms with Crippen molar-refractivity contribution in [3.8, 4) is 11.8 Å². The van der Waals surface area contributed by atoms with Crippen molar-refractivity contribution in [3.63, 3.8) is 0 Å². The van der Waals surface area contributed by atoms with E-state index in [1.807, 2.05) is 81.2 Å². The van der Waals surface area contributed by atoms with Crippen LogP contribution in [0.4, 0.5) is 11.5 Å². The maximum Gasteiger partial charge on any atom is 0.327 e. The first-order valence-electron chi connectivity index (χ1n) is 34.0. The van der Waals surface area contributed by atoms with Crippen LogP contribution in [0.3, 0.4) is 0 Å². The predicted octanol–water partition coefficient (Wildman–Crippen LogP) is 14.0. The summed E-state index contributed by atoms with van der Waals surface area (Å²) in [6.45, 7) is 32.0. The van der Waals surface area contributed by atoms with Crippen molar-refractivity contribution < 1.29 is 70.2 Å². The van der Waals surface area contributed by atoms with Gasteiger partial charge in [0, 0.05) is 54.4 Å². The number of allylic oxidation sites excluding steroid dienone is 8. The number of benzene rings is 2. The minimum Gasteiger partial charge on any atom is -0.744 e. The standard InChI is InChI=1S/C54H72N5O14PS4.C16H36N/c1-38(2)59(39(3)4)74(31-13-26-55)73-30-10-9-29-72-43-19-12-18-42(34-43)51-40(20-24-49-53(5,6)47-36-45(78(69,70)71)37-57(52(47)56-49)27-14-32-75(60,61)62)16-11-17-41(51)21-25-50-54(7,8)46-35-44(77(66,67)68)22-23-48(46)58(50)28-15-33-76(63,64)65;1-5-9-13-17(14-10-6-2,15-11-7-3)16-12-8-4/h12,18-25,34-39H,9-11,13-17,27-33H2,1-8H3,(H3-,60,61,62,63,64,65,66,67,68,69,70,71);5-16H2,1-4H3/q;+1/p-1. The number of hydrogen-bond donors (Lipinski definition) is 2. The Bertz CT molecular complexity index is 3700. The van der Waals surface area contributed by atoms with Gasteiger partial charge in [-0.1, -0.05) is 91.5 Å². The summed E-state index contributed by atoms with van der Waals surface area (Å²) in [5.74, 6) is -0.164. The number of nitriles is 1. The quantitative estimate of drug-likeness (QED) is 0.0177. The highest BCUT2D eigenvalue weighted by atomic mass is 32.2. The van der Waals surface area contributed by atoms with Crippen LogP contribution < -0.4 is 14.2 Å². The largest absolute Gasteiger partial charge is 0.744 e. The zero-order chi connectivity index (χ0) is 70.6. The van der Waals surface area contributed by atoms with Crippen molar-refractivity contribution in [2.45, 2.75) is 225 Å². The lowest BCUT2D eigenvalue weighted by Crippen LogP contribution is -2.50. The summed E-state index contributed by atoms with van der Waals surface area (Å²) in [7, 11) is -19.4. The fourth-order valence-corrected chi connectivity index (χ4v) is 17.1. The summed E-state index contributed by atoms with van der Waals surface area (Å²) < 4.78 is 158. The first-order chi connectivity index (χ1) is 44.6. The summed E-state index contributed by atoms with van der Waals surface area (Å²) >= 11 is 0. The Morgan fingerprint density at radius 3 is 1.86 bits per heavy atom. The molecule has 0 saturated heterocycles. The second-order valence-corrected chi connectivity index (χ2v) is 34.6. The number of aliphatic imine (C=N–C) groups is 1. The normalized spacial score (nSPS) is 17.0. The van der Waals surface area contributed by atoms with Crippen molar-refractivity contribution >= 4 is 71.6 Å².